The summed E-state index contributed by atoms with van der Waals surface area (Å²) in [5.74, 6) is 6.47. The summed E-state index contributed by atoms with van der Waals surface area (Å²) in [5, 5.41) is 3.96. The number of aryl methyl sites for hydroxylation is 1. The number of benzene rings is 1. The second kappa shape index (κ2) is 7.26. The van der Waals surface area contributed by atoms with Gasteiger partial charge in [0.25, 0.3) is 0 Å². The van der Waals surface area contributed by atoms with E-state index in [-0.39, 0.29) is 6.04 Å². The molecule has 0 aliphatic carbocycles. The molecular formula is C13H16ClN3S2. The molecule has 1 heterocycles. The molecular weight excluding hydrogens is 298 g/mol. The summed E-state index contributed by atoms with van der Waals surface area (Å²) in [7, 11) is 0. The molecule has 1 atom stereocenters. The van der Waals surface area contributed by atoms with Crippen molar-refractivity contribution in [1.82, 2.24) is 10.4 Å². The van der Waals surface area contributed by atoms with Crippen LogP contribution in [0.15, 0.2) is 34.5 Å². The largest absolute Gasteiger partial charge is 0.271 e. The maximum absolute atomic E-state index is 6.13. The van der Waals surface area contributed by atoms with Crippen molar-refractivity contribution in [3.8, 4) is 0 Å². The van der Waals surface area contributed by atoms with E-state index >= 15 is 0 Å². The van der Waals surface area contributed by atoms with E-state index in [0.29, 0.717) is 0 Å². The van der Waals surface area contributed by atoms with E-state index in [2.05, 4.69) is 15.8 Å². The fraction of sp³-hybridized carbons (Fsp3) is 0.308. The predicted octanol–water partition coefficient (Wildman–Crippen LogP) is 3.27. The lowest BCUT2D eigenvalue weighted by Crippen LogP contribution is -2.38. The second-order valence-corrected chi connectivity index (χ2v) is 6.70. The van der Waals surface area contributed by atoms with Gasteiger partial charge >= 0.3 is 0 Å². The van der Waals surface area contributed by atoms with Gasteiger partial charge in [-0.25, -0.2) is 4.98 Å². The van der Waals surface area contributed by atoms with Crippen molar-refractivity contribution in [3.63, 3.8) is 0 Å². The number of hydrazine groups is 1. The van der Waals surface area contributed by atoms with Crippen LogP contribution in [0, 0.1) is 6.92 Å². The number of thiazole rings is 1. The Hall–Kier alpha value is -0.590. The summed E-state index contributed by atoms with van der Waals surface area (Å²) >= 11 is 9.50. The maximum atomic E-state index is 6.13. The molecule has 6 heteroatoms. The highest BCUT2D eigenvalue weighted by Crippen LogP contribution is 2.27. The molecule has 0 radical (unpaired) electrons. The average Bonchev–Trinajstić information content (AvgIpc) is 2.81. The topological polar surface area (TPSA) is 50.9 Å². The van der Waals surface area contributed by atoms with E-state index in [1.54, 1.807) is 23.1 Å². The van der Waals surface area contributed by atoms with Gasteiger partial charge in [-0.3, -0.25) is 11.3 Å². The number of rotatable bonds is 6. The number of nitrogens with one attached hydrogen (secondary N) is 1. The average molecular weight is 314 g/mol. The Balaban J connectivity index is 1.91. The molecule has 0 aliphatic heterocycles. The first kappa shape index (κ1) is 14.8. The molecule has 2 rings (SSSR count). The SMILES string of the molecule is Cc1nc(CC(CSc2ccccc2Cl)NN)cs1. The Labute approximate surface area is 126 Å². The van der Waals surface area contributed by atoms with Gasteiger partial charge in [0.15, 0.2) is 0 Å². The van der Waals surface area contributed by atoms with E-state index < -0.39 is 0 Å². The van der Waals surface area contributed by atoms with Crippen molar-refractivity contribution in [3.05, 3.63) is 45.4 Å². The van der Waals surface area contributed by atoms with Crippen molar-refractivity contribution in [2.45, 2.75) is 24.3 Å². The first-order valence-corrected chi connectivity index (χ1v) is 8.18. The lowest BCUT2D eigenvalue weighted by Gasteiger charge is -2.14. The number of aromatic nitrogens is 1. The molecule has 1 aromatic heterocycles. The zero-order valence-electron chi connectivity index (χ0n) is 10.6. The van der Waals surface area contributed by atoms with Gasteiger partial charge < -0.3 is 0 Å². The fourth-order valence-corrected chi connectivity index (χ4v) is 3.57. The Bertz CT molecular complexity index is 530. The van der Waals surface area contributed by atoms with E-state index in [1.807, 2.05) is 31.2 Å². The molecule has 0 saturated carbocycles. The molecule has 0 spiro atoms. The summed E-state index contributed by atoms with van der Waals surface area (Å²) in [6.07, 6.45) is 0.832. The summed E-state index contributed by atoms with van der Waals surface area (Å²) in [6, 6.07) is 8.03. The third kappa shape index (κ3) is 4.47. The van der Waals surface area contributed by atoms with Crippen LogP contribution in [-0.4, -0.2) is 16.8 Å². The molecule has 0 bridgehead atoms. The van der Waals surface area contributed by atoms with Gasteiger partial charge in [0.2, 0.25) is 0 Å². The van der Waals surface area contributed by atoms with Crippen LogP contribution in [0.4, 0.5) is 0 Å². The van der Waals surface area contributed by atoms with Gasteiger partial charge in [0, 0.05) is 28.5 Å². The Kier molecular flexibility index (Phi) is 5.66. The molecule has 1 unspecified atom stereocenters. The van der Waals surface area contributed by atoms with Crippen molar-refractivity contribution in [1.29, 1.82) is 0 Å². The summed E-state index contributed by atoms with van der Waals surface area (Å²) in [5.41, 5.74) is 3.94. The molecule has 3 nitrogen and oxygen atoms in total. The van der Waals surface area contributed by atoms with Crippen LogP contribution in [0.1, 0.15) is 10.7 Å². The van der Waals surface area contributed by atoms with Crippen molar-refractivity contribution >= 4 is 34.7 Å². The minimum Gasteiger partial charge on any atom is -0.271 e. The van der Waals surface area contributed by atoms with E-state index in [1.165, 1.54) is 0 Å². The summed E-state index contributed by atoms with van der Waals surface area (Å²) in [6.45, 7) is 2.01. The van der Waals surface area contributed by atoms with Gasteiger partial charge in [-0.05, 0) is 19.1 Å². The van der Waals surface area contributed by atoms with Crippen LogP contribution in [0.3, 0.4) is 0 Å². The first-order valence-electron chi connectivity index (χ1n) is 5.93. The normalized spacial score (nSPS) is 12.6. The highest BCUT2D eigenvalue weighted by atomic mass is 35.5. The second-order valence-electron chi connectivity index (χ2n) is 4.17. The molecule has 19 heavy (non-hydrogen) atoms. The summed E-state index contributed by atoms with van der Waals surface area (Å²) in [4.78, 5) is 5.54. The van der Waals surface area contributed by atoms with Gasteiger partial charge in [0.05, 0.1) is 15.7 Å². The van der Waals surface area contributed by atoms with Crippen LogP contribution in [-0.2, 0) is 6.42 Å². The minimum atomic E-state index is 0.183. The smallest absolute Gasteiger partial charge is 0.0897 e. The summed E-state index contributed by atoms with van der Waals surface area (Å²) < 4.78 is 0. The highest BCUT2D eigenvalue weighted by Gasteiger charge is 2.11. The van der Waals surface area contributed by atoms with E-state index in [0.717, 1.165) is 32.8 Å². The molecule has 1 aromatic carbocycles. The van der Waals surface area contributed by atoms with Crippen molar-refractivity contribution in [2.24, 2.45) is 5.84 Å². The standard InChI is InChI=1S/C13H16ClN3S2/c1-9-16-10(7-18-9)6-11(17-15)8-19-13-5-3-2-4-12(13)14/h2-5,7,11,17H,6,8,15H2,1H3. The van der Waals surface area contributed by atoms with Crippen LogP contribution in [0.25, 0.3) is 0 Å². The van der Waals surface area contributed by atoms with Crippen LogP contribution >= 0.6 is 34.7 Å². The van der Waals surface area contributed by atoms with E-state index in [4.69, 9.17) is 17.4 Å². The number of hydrogen-bond acceptors (Lipinski definition) is 5. The number of halogens is 1. The molecule has 0 fully saturated rings. The molecule has 3 N–H and O–H groups in total. The highest BCUT2D eigenvalue weighted by molar-refractivity contribution is 7.99. The zero-order valence-corrected chi connectivity index (χ0v) is 13.0. The Morgan fingerprint density at radius 1 is 1.47 bits per heavy atom. The molecule has 102 valence electrons. The zero-order chi connectivity index (χ0) is 13.7. The first-order chi connectivity index (χ1) is 9.19. The van der Waals surface area contributed by atoms with Crippen LogP contribution in [0.2, 0.25) is 5.02 Å². The predicted molar refractivity (Wildman–Crippen MR) is 83.8 cm³/mol. The van der Waals surface area contributed by atoms with Crippen LogP contribution in [0.5, 0.6) is 0 Å². The van der Waals surface area contributed by atoms with Gasteiger partial charge in [0.1, 0.15) is 0 Å². The molecule has 0 saturated heterocycles. The number of hydrogen-bond donors (Lipinski definition) is 2. The molecule has 0 amide bonds. The quantitative estimate of drug-likeness (QED) is 0.488. The monoisotopic (exact) mass is 313 g/mol. The third-order valence-electron chi connectivity index (χ3n) is 2.63. The van der Waals surface area contributed by atoms with Gasteiger partial charge in [-0.1, -0.05) is 23.7 Å². The molecule has 0 aliphatic rings. The number of nitrogens with two attached hydrogens (primary N) is 1. The Morgan fingerprint density at radius 3 is 2.89 bits per heavy atom. The van der Waals surface area contributed by atoms with Gasteiger partial charge in [-0.2, -0.15) is 0 Å². The van der Waals surface area contributed by atoms with Gasteiger partial charge in [-0.15, -0.1) is 23.1 Å². The lowest BCUT2D eigenvalue weighted by molar-refractivity contribution is 0.570. The number of nitrogens with zero attached hydrogens (tertiary/aromatic N) is 1. The van der Waals surface area contributed by atoms with Crippen molar-refractivity contribution < 1.29 is 0 Å². The number of thioether (sulfide) groups is 1. The minimum absolute atomic E-state index is 0.183. The molecule has 2 aromatic rings. The Morgan fingerprint density at radius 2 is 2.26 bits per heavy atom. The van der Waals surface area contributed by atoms with E-state index in [9.17, 15) is 0 Å². The van der Waals surface area contributed by atoms with Crippen LogP contribution < -0.4 is 11.3 Å². The lowest BCUT2D eigenvalue weighted by atomic mass is 10.2. The fourth-order valence-electron chi connectivity index (χ4n) is 1.67. The maximum Gasteiger partial charge on any atom is 0.0897 e. The van der Waals surface area contributed by atoms with Crippen molar-refractivity contribution in [2.75, 3.05) is 5.75 Å². The third-order valence-corrected chi connectivity index (χ3v) is 5.13.